The first-order valence-corrected chi connectivity index (χ1v) is 26.7. The maximum atomic E-state index is 7.40. The van der Waals surface area contributed by atoms with E-state index in [1.165, 1.54) is 77.9 Å². The predicted molar refractivity (Wildman–Crippen MR) is 320 cm³/mol. The largest absolute Gasteiger partial charge is 0.455 e. The Bertz CT molecular complexity index is 4080. The SMILES string of the molecule is CC1=CC=CC(C2(c3cccc(C)c3)c3cc(N(c4ccc(C)cc4)c4ccc(-c5ccccc5C)cc4)ccc3-c3c2cc(N(c2ccc(C)cc2)c2ccc(-c4ccccc4C)cc2)c2c3oc3ccccc32)C1. The number of fused-ring (bicyclic) bond motifs is 7. The molecule has 0 saturated carbocycles. The summed E-state index contributed by atoms with van der Waals surface area (Å²) < 4.78 is 7.40. The summed E-state index contributed by atoms with van der Waals surface area (Å²) >= 11 is 0. The molecule has 1 heterocycles. The topological polar surface area (TPSA) is 19.6 Å². The van der Waals surface area contributed by atoms with Gasteiger partial charge < -0.3 is 14.2 Å². The minimum absolute atomic E-state index is 0.0617. The van der Waals surface area contributed by atoms with Crippen molar-refractivity contribution in [2.45, 2.75) is 53.4 Å². The summed E-state index contributed by atoms with van der Waals surface area (Å²) in [6, 6.07) is 81.3. The fourth-order valence-corrected chi connectivity index (χ4v) is 12.6. The lowest BCUT2D eigenvalue weighted by Gasteiger charge is -2.41. The third-order valence-corrected chi connectivity index (χ3v) is 16.3. The molecule has 368 valence electrons. The van der Waals surface area contributed by atoms with Crippen LogP contribution in [-0.4, -0.2) is 0 Å². The second-order valence-corrected chi connectivity index (χ2v) is 21.3. The quantitative estimate of drug-likeness (QED) is 0.136. The number of allylic oxidation sites excluding steroid dienone is 4. The smallest absolute Gasteiger partial charge is 0.145 e. The highest BCUT2D eigenvalue weighted by molar-refractivity contribution is 6.19. The number of rotatable bonds is 10. The molecular weight excluding hydrogens is 921 g/mol. The summed E-state index contributed by atoms with van der Waals surface area (Å²) in [7, 11) is 0. The van der Waals surface area contributed by atoms with Crippen molar-refractivity contribution in [3.05, 3.63) is 287 Å². The van der Waals surface area contributed by atoms with Gasteiger partial charge in [0.2, 0.25) is 0 Å². The summed E-state index contributed by atoms with van der Waals surface area (Å²) in [6.45, 7) is 13.2. The van der Waals surface area contributed by atoms with Crippen molar-refractivity contribution in [1.29, 1.82) is 0 Å². The summed E-state index contributed by atoms with van der Waals surface area (Å²) in [6.07, 6.45) is 7.96. The van der Waals surface area contributed by atoms with Crippen molar-refractivity contribution in [3.63, 3.8) is 0 Å². The maximum Gasteiger partial charge on any atom is 0.145 e. The zero-order chi connectivity index (χ0) is 51.7. The molecule has 0 N–H and O–H groups in total. The number of anilines is 6. The average Bonchev–Trinajstić information content (AvgIpc) is 4.18. The van der Waals surface area contributed by atoms with Crippen molar-refractivity contribution < 1.29 is 4.42 Å². The second kappa shape index (κ2) is 18.8. The first-order chi connectivity index (χ1) is 37.1. The van der Waals surface area contributed by atoms with E-state index in [0.29, 0.717) is 0 Å². The zero-order valence-electron chi connectivity index (χ0n) is 44.1. The maximum absolute atomic E-state index is 7.40. The third kappa shape index (κ3) is 7.80. The highest BCUT2D eigenvalue weighted by atomic mass is 16.3. The molecule has 2 aliphatic rings. The van der Waals surface area contributed by atoms with Gasteiger partial charge in [-0.15, -0.1) is 0 Å². The van der Waals surface area contributed by atoms with Crippen LogP contribution in [-0.2, 0) is 5.41 Å². The Morgan fingerprint density at radius 3 is 1.59 bits per heavy atom. The molecule has 2 aliphatic carbocycles. The van der Waals surface area contributed by atoms with Crippen LogP contribution in [0.2, 0.25) is 0 Å². The van der Waals surface area contributed by atoms with Gasteiger partial charge in [-0.3, -0.25) is 0 Å². The van der Waals surface area contributed by atoms with Crippen LogP contribution in [0.1, 0.15) is 57.9 Å². The molecule has 2 unspecified atom stereocenters. The van der Waals surface area contributed by atoms with Crippen molar-refractivity contribution in [2.75, 3.05) is 9.80 Å². The molecule has 0 aliphatic heterocycles. The Morgan fingerprint density at radius 1 is 0.447 bits per heavy atom. The monoisotopic (exact) mass is 980 g/mol. The Labute approximate surface area is 447 Å². The fourth-order valence-electron chi connectivity index (χ4n) is 12.6. The van der Waals surface area contributed by atoms with Crippen molar-refractivity contribution in [2.24, 2.45) is 5.92 Å². The Kier molecular flexibility index (Phi) is 11.6. The van der Waals surface area contributed by atoms with E-state index in [-0.39, 0.29) is 5.92 Å². The number of hydrogen-bond donors (Lipinski definition) is 0. The molecule has 11 aromatic rings. The van der Waals surface area contributed by atoms with Crippen LogP contribution in [0.5, 0.6) is 0 Å². The van der Waals surface area contributed by atoms with Crippen LogP contribution in [0.25, 0.3) is 55.3 Å². The van der Waals surface area contributed by atoms with Crippen LogP contribution >= 0.6 is 0 Å². The average molecular weight is 981 g/mol. The van der Waals surface area contributed by atoms with Crippen LogP contribution in [0.4, 0.5) is 34.1 Å². The minimum Gasteiger partial charge on any atom is -0.455 e. The highest BCUT2D eigenvalue weighted by Crippen LogP contribution is 2.63. The van der Waals surface area contributed by atoms with Crippen molar-refractivity contribution >= 4 is 56.1 Å². The fraction of sp³-hybridized carbons (Fsp3) is 0.123. The Hall–Kier alpha value is -8.92. The number of benzene rings is 10. The third-order valence-electron chi connectivity index (χ3n) is 16.3. The molecule has 0 saturated heterocycles. The Morgan fingerprint density at radius 2 is 1.00 bits per heavy atom. The minimum atomic E-state index is -0.651. The standard InChI is InChI=1S/C73H60N2O/c1-47-25-33-57(34-26-47)74(58-37-29-53(30-38-58)62-21-9-7-17-51(62)5)61-41-42-64-66(45-61)73(55-19-13-15-49(3)43-55,56-20-14-16-50(4)44-56)67-46-68(71-65-23-11-12-24-69(65)76-72(71)70(64)67)75(59-35-27-48(2)28-36-59)60-39-31-54(32-40-60)63-22-10-8-18-52(63)6/h7-43,45-46,56H,44H2,1-6H3. The van der Waals surface area contributed by atoms with E-state index in [4.69, 9.17) is 4.42 Å². The van der Waals surface area contributed by atoms with E-state index in [1.54, 1.807) is 0 Å². The van der Waals surface area contributed by atoms with Crippen LogP contribution in [0.15, 0.2) is 247 Å². The van der Waals surface area contributed by atoms with Gasteiger partial charge in [0.25, 0.3) is 0 Å². The van der Waals surface area contributed by atoms with E-state index in [1.807, 2.05) is 0 Å². The zero-order valence-corrected chi connectivity index (χ0v) is 44.1. The number of para-hydroxylation sites is 1. The molecule has 0 radical (unpaired) electrons. The molecule has 0 fully saturated rings. The number of nitrogens with zero attached hydrogens (tertiary/aromatic N) is 2. The van der Waals surface area contributed by atoms with Crippen LogP contribution in [0.3, 0.4) is 0 Å². The molecule has 3 nitrogen and oxygen atoms in total. The number of hydrogen-bond acceptors (Lipinski definition) is 3. The summed E-state index contributed by atoms with van der Waals surface area (Å²) in [4.78, 5) is 4.91. The van der Waals surface area contributed by atoms with Gasteiger partial charge in [0, 0.05) is 39.4 Å². The molecule has 3 heteroatoms. The second-order valence-electron chi connectivity index (χ2n) is 21.3. The van der Waals surface area contributed by atoms with E-state index in [2.05, 4.69) is 288 Å². The van der Waals surface area contributed by atoms with Gasteiger partial charge in [0.05, 0.1) is 16.5 Å². The molecule has 0 bridgehead atoms. The van der Waals surface area contributed by atoms with E-state index in [9.17, 15) is 0 Å². The van der Waals surface area contributed by atoms with Gasteiger partial charge in [-0.1, -0.05) is 186 Å². The molecule has 2 atom stereocenters. The van der Waals surface area contributed by atoms with Gasteiger partial charge >= 0.3 is 0 Å². The van der Waals surface area contributed by atoms with Crippen molar-refractivity contribution in [1.82, 2.24) is 0 Å². The molecular formula is C73H60N2O. The summed E-state index contributed by atoms with van der Waals surface area (Å²) in [5.74, 6) is 0.0617. The van der Waals surface area contributed by atoms with Gasteiger partial charge in [0.1, 0.15) is 11.2 Å². The van der Waals surface area contributed by atoms with Gasteiger partial charge in [-0.25, -0.2) is 0 Å². The van der Waals surface area contributed by atoms with Gasteiger partial charge in [-0.2, -0.15) is 0 Å². The first kappa shape index (κ1) is 46.8. The van der Waals surface area contributed by atoms with E-state index in [0.717, 1.165) is 68.0 Å². The lowest BCUT2D eigenvalue weighted by atomic mass is 9.61. The van der Waals surface area contributed by atoms with Crippen LogP contribution < -0.4 is 9.80 Å². The number of furan rings is 1. The predicted octanol–water partition coefficient (Wildman–Crippen LogP) is 20.2. The molecule has 10 aromatic carbocycles. The molecule has 1 aromatic heterocycles. The lowest BCUT2D eigenvalue weighted by Crippen LogP contribution is -2.36. The lowest BCUT2D eigenvalue weighted by molar-refractivity contribution is 0.448. The molecule has 0 spiro atoms. The van der Waals surface area contributed by atoms with Crippen molar-refractivity contribution in [3.8, 4) is 33.4 Å². The summed E-state index contributed by atoms with van der Waals surface area (Å²) in [5, 5.41) is 2.18. The Balaban J connectivity index is 1.11. The van der Waals surface area contributed by atoms with Crippen LogP contribution in [0, 0.1) is 40.5 Å². The first-order valence-electron chi connectivity index (χ1n) is 26.7. The van der Waals surface area contributed by atoms with E-state index >= 15 is 0 Å². The summed E-state index contributed by atoms with van der Waals surface area (Å²) in [5.41, 5.74) is 26.2. The highest BCUT2D eigenvalue weighted by Gasteiger charge is 2.52. The van der Waals surface area contributed by atoms with Gasteiger partial charge in [-0.05, 0) is 182 Å². The van der Waals surface area contributed by atoms with Gasteiger partial charge in [0.15, 0.2) is 0 Å². The molecule has 13 rings (SSSR count). The van der Waals surface area contributed by atoms with E-state index < -0.39 is 5.41 Å². The normalized spacial score (nSPS) is 15.7. The number of aryl methyl sites for hydroxylation is 5. The molecule has 76 heavy (non-hydrogen) atoms. The molecule has 0 amide bonds.